The van der Waals surface area contributed by atoms with Crippen molar-refractivity contribution in [3.63, 3.8) is 0 Å². The average molecular weight is 432 g/mol. The quantitative estimate of drug-likeness (QED) is 0.334. The smallest absolute Gasteiger partial charge is 0.295 e. The van der Waals surface area contributed by atoms with E-state index in [2.05, 4.69) is 9.97 Å². The van der Waals surface area contributed by atoms with Gasteiger partial charge in [0, 0.05) is 37.2 Å². The summed E-state index contributed by atoms with van der Waals surface area (Å²) in [4.78, 5) is 35.8. The molecule has 164 valence electrons. The van der Waals surface area contributed by atoms with Gasteiger partial charge in [0.1, 0.15) is 17.6 Å². The second-order valence-corrected chi connectivity index (χ2v) is 7.36. The third kappa shape index (κ3) is 4.25. The summed E-state index contributed by atoms with van der Waals surface area (Å²) in [6, 6.07) is 11.3. The first-order valence-corrected chi connectivity index (χ1v) is 10.5. The molecule has 1 aliphatic rings. The summed E-state index contributed by atoms with van der Waals surface area (Å²) in [5.74, 6) is -0.919. The number of aliphatic hydroxyl groups excluding tert-OH is 1. The Morgan fingerprint density at radius 2 is 1.91 bits per heavy atom. The van der Waals surface area contributed by atoms with Crippen LogP contribution in [-0.2, 0) is 16.1 Å². The number of aryl methyl sites for hydroxylation is 1. The molecule has 32 heavy (non-hydrogen) atoms. The molecule has 0 aliphatic carbocycles. The van der Waals surface area contributed by atoms with Crippen LogP contribution in [0.15, 0.2) is 73.0 Å². The number of carbonyl (C=O) groups is 2. The first-order chi connectivity index (χ1) is 15.6. The Morgan fingerprint density at radius 1 is 1.09 bits per heavy atom. The van der Waals surface area contributed by atoms with Gasteiger partial charge in [-0.25, -0.2) is 4.98 Å². The summed E-state index contributed by atoms with van der Waals surface area (Å²) in [5, 5.41) is 11.1. The average Bonchev–Trinajstić information content (AvgIpc) is 3.42. The molecule has 1 aliphatic heterocycles. The molecule has 1 atom stereocenters. The highest BCUT2D eigenvalue weighted by atomic mass is 16.5. The molecule has 3 heterocycles. The van der Waals surface area contributed by atoms with E-state index < -0.39 is 17.7 Å². The Labute approximate surface area is 185 Å². The molecule has 0 radical (unpaired) electrons. The van der Waals surface area contributed by atoms with Gasteiger partial charge in [-0.3, -0.25) is 14.6 Å². The lowest BCUT2D eigenvalue weighted by atomic mass is 9.98. The van der Waals surface area contributed by atoms with E-state index in [1.807, 2.05) is 17.7 Å². The van der Waals surface area contributed by atoms with Gasteiger partial charge in [-0.15, -0.1) is 0 Å². The van der Waals surface area contributed by atoms with Crippen LogP contribution >= 0.6 is 0 Å². The minimum Gasteiger partial charge on any atom is -0.507 e. The van der Waals surface area contributed by atoms with Crippen molar-refractivity contribution in [1.82, 2.24) is 19.4 Å². The van der Waals surface area contributed by atoms with Crippen molar-refractivity contribution in [3.05, 3.63) is 84.2 Å². The fraction of sp³-hybridized carbons (Fsp3) is 0.250. The molecule has 1 aromatic carbocycles. The summed E-state index contributed by atoms with van der Waals surface area (Å²) in [5.41, 5.74) is 1.01. The second kappa shape index (κ2) is 9.47. The zero-order chi connectivity index (χ0) is 22.5. The Kier molecular flexibility index (Phi) is 6.30. The van der Waals surface area contributed by atoms with Crippen molar-refractivity contribution in [2.75, 3.05) is 13.2 Å². The lowest BCUT2D eigenvalue weighted by Gasteiger charge is -2.24. The minimum absolute atomic E-state index is 0.0421. The van der Waals surface area contributed by atoms with E-state index >= 15 is 0 Å². The Bertz CT molecular complexity index is 1110. The zero-order valence-corrected chi connectivity index (χ0v) is 17.7. The summed E-state index contributed by atoms with van der Waals surface area (Å²) >= 11 is 0. The zero-order valence-electron chi connectivity index (χ0n) is 17.7. The molecule has 2 aromatic heterocycles. The number of amides is 1. The first kappa shape index (κ1) is 21.3. The minimum atomic E-state index is -0.759. The highest BCUT2D eigenvalue weighted by Crippen LogP contribution is 2.38. The molecule has 8 heteroatoms. The number of Topliss-reactive ketones (excluding diaryl/α,β-unsaturated/α-hetero) is 1. The number of aromatic nitrogens is 3. The normalized spacial score (nSPS) is 17.7. The van der Waals surface area contributed by atoms with Gasteiger partial charge in [-0.2, -0.15) is 0 Å². The number of imidazole rings is 1. The largest absolute Gasteiger partial charge is 0.507 e. The van der Waals surface area contributed by atoms with Crippen molar-refractivity contribution < 1.29 is 19.4 Å². The van der Waals surface area contributed by atoms with Crippen LogP contribution in [0.5, 0.6) is 5.75 Å². The molecule has 3 aromatic rings. The predicted molar refractivity (Wildman–Crippen MR) is 118 cm³/mol. The van der Waals surface area contributed by atoms with E-state index in [-0.39, 0.29) is 11.3 Å². The number of carbonyl (C=O) groups excluding carboxylic acids is 2. The van der Waals surface area contributed by atoms with E-state index in [0.29, 0.717) is 43.1 Å². The lowest BCUT2D eigenvalue weighted by molar-refractivity contribution is -0.140. The van der Waals surface area contributed by atoms with Crippen LogP contribution in [0.2, 0.25) is 0 Å². The van der Waals surface area contributed by atoms with Gasteiger partial charge in [0.15, 0.2) is 0 Å². The molecule has 1 N–H and O–H groups in total. The van der Waals surface area contributed by atoms with Crippen LogP contribution in [0, 0.1) is 0 Å². The van der Waals surface area contributed by atoms with Gasteiger partial charge in [0.25, 0.3) is 11.7 Å². The van der Waals surface area contributed by atoms with Crippen LogP contribution in [0.1, 0.15) is 30.6 Å². The third-order valence-electron chi connectivity index (χ3n) is 5.32. The lowest BCUT2D eigenvalue weighted by Crippen LogP contribution is -2.31. The molecule has 0 spiro atoms. The maximum absolute atomic E-state index is 13.0. The van der Waals surface area contributed by atoms with Crippen LogP contribution in [0.25, 0.3) is 5.76 Å². The van der Waals surface area contributed by atoms with Gasteiger partial charge < -0.3 is 19.3 Å². The summed E-state index contributed by atoms with van der Waals surface area (Å²) in [6.07, 6.45) is 7.47. The molecule has 4 rings (SSSR count). The van der Waals surface area contributed by atoms with E-state index in [9.17, 15) is 14.7 Å². The summed E-state index contributed by atoms with van der Waals surface area (Å²) < 4.78 is 7.35. The molecule has 1 saturated heterocycles. The fourth-order valence-corrected chi connectivity index (χ4v) is 3.83. The van der Waals surface area contributed by atoms with Gasteiger partial charge >= 0.3 is 0 Å². The van der Waals surface area contributed by atoms with Gasteiger partial charge in [0.2, 0.25) is 0 Å². The fourth-order valence-electron chi connectivity index (χ4n) is 3.83. The molecule has 0 bridgehead atoms. The number of hydrogen-bond acceptors (Lipinski definition) is 6. The Balaban J connectivity index is 1.68. The summed E-state index contributed by atoms with van der Waals surface area (Å²) in [6.45, 7) is 3.39. The third-order valence-corrected chi connectivity index (χ3v) is 5.32. The molecular weight excluding hydrogens is 408 g/mol. The number of likely N-dealkylation sites (tertiary alicyclic amines) is 1. The SMILES string of the molecule is CCOc1ccc(C(O)=C2C(=O)C(=O)N(CCCn3ccnc3)[C@@H]2c2ccccn2)cc1. The monoisotopic (exact) mass is 432 g/mol. The molecule has 0 saturated carbocycles. The van der Waals surface area contributed by atoms with Crippen molar-refractivity contribution in [1.29, 1.82) is 0 Å². The maximum atomic E-state index is 13.0. The number of ketones is 1. The maximum Gasteiger partial charge on any atom is 0.295 e. The molecule has 8 nitrogen and oxygen atoms in total. The van der Waals surface area contributed by atoms with Crippen molar-refractivity contribution in [2.24, 2.45) is 0 Å². The number of hydrogen-bond donors (Lipinski definition) is 1. The van der Waals surface area contributed by atoms with Crippen LogP contribution in [0.4, 0.5) is 0 Å². The van der Waals surface area contributed by atoms with Gasteiger partial charge in [-0.05, 0) is 49.7 Å². The highest BCUT2D eigenvalue weighted by Gasteiger charge is 2.46. The molecule has 0 unspecified atom stereocenters. The topological polar surface area (TPSA) is 97.6 Å². The number of ether oxygens (including phenoxy) is 1. The van der Waals surface area contributed by atoms with E-state index in [1.165, 1.54) is 4.90 Å². The molecule has 1 fully saturated rings. The van der Waals surface area contributed by atoms with E-state index in [0.717, 1.165) is 0 Å². The van der Waals surface area contributed by atoms with Gasteiger partial charge in [0.05, 0.1) is 24.2 Å². The predicted octanol–water partition coefficient (Wildman–Crippen LogP) is 3.19. The molecular formula is C24H24N4O4. The van der Waals surface area contributed by atoms with E-state index in [1.54, 1.807) is 61.2 Å². The summed E-state index contributed by atoms with van der Waals surface area (Å²) in [7, 11) is 0. The number of pyridine rings is 1. The Hall–Kier alpha value is -3.94. The first-order valence-electron chi connectivity index (χ1n) is 10.5. The van der Waals surface area contributed by atoms with Crippen molar-refractivity contribution >= 4 is 17.4 Å². The highest BCUT2D eigenvalue weighted by molar-refractivity contribution is 6.46. The van der Waals surface area contributed by atoms with Gasteiger partial charge in [-0.1, -0.05) is 6.07 Å². The Morgan fingerprint density at radius 3 is 2.56 bits per heavy atom. The number of aliphatic hydroxyl groups is 1. The second-order valence-electron chi connectivity index (χ2n) is 7.36. The standard InChI is InChI=1S/C24H24N4O4/c1-2-32-18-9-7-17(8-10-18)22(29)20-21(19-6-3-4-11-26-19)28(24(31)23(20)30)14-5-13-27-15-12-25-16-27/h3-4,6-12,15-16,21,29H,2,5,13-14H2,1H3/t21-/m1/s1. The van der Waals surface area contributed by atoms with Crippen LogP contribution in [0.3, 0.4) is 0 Å². The van der Waals surface area contributed by atoms with Crippen molar-refractivity contribution in [3.8, 4) is 5.75 Å². The van der Waals surface area contributed by atoms with E-state index in [4.69, 9.17) is 4.74 Å². The van der Waals surface area contributed by atoms with Crippen LogP contribution in [-0.4, -0.2) is 49.4 Å². The van der Waals surface area contributed by atoms with Crippen molar-refractivity contribution in [2.45, 2.75) is 25.9 Å². The number of nitrogens with zero attached hydrogens (tertiary/aromatic N) is 4. The molecule has 1 amide bonds. The number of rotatable bonds is 8. The number of benzene rings is 1. The van der Waals surface area contributed by atoms with Crippen LogP contribution < -0.4 is 4.74 Å².